The molecule has 0 radical (unpaired) electrons. The Balaban J connectivity index is 1.62. The van der Waals surface area contributed by atoms with Crippen LogP contribution in [-0.2, 0) is 4.74 Å². The zero-order chi connectivity index (χ0) is 28.1. The van der Waals surface area contributed by atoms with Crippen LogP contribution in [-0.4, -0.2) is 112 Å². The Morgan fingerprint density at radius 3 is 2.29 bits per heavy atom. The molecule has 3 heterocycles. The third-order valence-electron chi connectivity index (χ3n) is 10.3. The van der Waals surface area contributed by atoms with Crippen LogP contribution in [0.2, 0.25) is 0 Å². The number of rotatable bonds is 9. The summed E-state index contributed by atoms with van der Waals surface area (Å²) < 4.78 is 21.0. The van der Waals surface area contributed by atoms with Crippen molar-refractivity contribution < 1.29 is 19.3 Å². The van der Waals surface area contributed by atoms with Crippen LogP contribution in [0.5, 0.6) is 0 Å². The normalized spacial score (nSPS) is 38.9. The average molecular weight is 542 g/mol. The second-order valence-corrected chi connectivity index (χ2v) is 14.2. The summed E-state index contributed by atoms with van der Waals surface area (Å²) in [5.74, 6) is 0.810. The maximum Gasteiger partial charge on any atom is 0.120 e. The van der Waals surface area contributed by atoms with E-state index in [0.717, 1.165) is 77.5 Å². The molecule has 0 aliphatic carbocycles. The lowest BCUT2D eigenvalue weighted by Gasteiger charge is -2.39. The number of alkyl halides is 1. The highest BCUT2D eigenvalue weighted by Gasteiger charge is 2.39. The van der Waals surface area contributed by atoms with Crippen molar-refractivity contribution in [1.82, 2.24) is 14.7 Å². The molecule has 0 saturated carbocycles. The Labute approximate surface area is 233 Å². The quantitative estimate of drug-likeness (QED) is 0.441. The molecule has 3 aliphatic rings. The average Bonchev–Trinajstić information content (AvgIpc) is 3.22. The van der Waals surface area contributed by atoms with Crippen LogP contribution in [0.15, 0.2) is 0 Å². The lowest BCUT2D eigenvalue weighted by Crippen LogP contribution is -2.51. The predicted octanol–water partition coefficient (Wildman–Crippen LogP) is 4.72. The fraction of sp³-hybridized carbons (Fsp3) is 1.00. The molecule has 0 aromatic heterocycles. The Hall–Kier alpha value is -0.310. The third kappa shape index (κ3) is 8.84. The minimum absolute atomic E-state index is 0.116. The SMILES string of the molecule is CC(C)N1CCCCC(CF)(OCC(C)N2CC(CC(C)N3CCC(C)C(C)(O)CC3)CCC(C)(O)C2)C1. The fourth-order valence-corrected chi connectivity index (χ4v) is 6.92. The molecule has 7 heteroatoms. The van der Waals surface area contributed by atoms with Crippen molar-refractivity contribution in [3.8, 4) is 0 Å². The smallest absolute Gasteiger partial charge is 0.120 e. The van der Waals surface area contributed by atoms with Crippen LogP contribution < -0.4 is 0 Å². The molecule has 3 fully saturated rings. The van der Waals surface area contributed by atoms with E-state index in [1.54, 1.807) is 0 Å². The fourth-order valence-electron chi connectivity index (χ4n) is 6.92. The molecule has 7 unspecified atom stereocenters. The maximum atomic E-state index is 14.5. The number of β-amino-alcohol motifs (C(OH)–C–C–N with tert-alkyl or cyclic N) is 1. The Kier molecular flexibility index (Phi) is 11.5. The lowest BCUT2D eigenvalue weighted by atomic mass is 9.87. The minimum Gasteiger partial charge on any atom is -0.390 e. The van der Waals surface area contributed by atoms with Gasteiger partial charge in [-0.2, -0.15) is 0 Å². The van der Waals surface area contributed by atoms with E-state index in [1.165, 1.54) is 0 Å². The molecule has 224 valence electrons. The van der Waals surface area contributed by atoms with Gasteiger partial charge >= 0.3 is 0 Å². The van der Waals surface area contributed by atoms with E-state index < -0.39 is 23.5 Å². The third-order valence-corrected chi connectivity index (χ3v) is 10.3. The molecule has 2 N–H and O–H groups in total. The number of nitrogens with zero attached hydrogens (tertiary/aromatic N) is 3. The van der Waals surface area contributed by atoms with Crippen molar-refractivity contribution in [2.75, 3.05) is 52.6 Å². The molecule has 0 bridgehead atoms. The largest absolute Gasteiger partial charge is 0.390 e. The molecule has 7 atom stereocenters. The van der Waals surface area contributed by atoms with Crippen molar-refractivity contribution in [1.29, 1.82) is 0 Å². The van der Waals surface area contributed by atoms with Crippen LogP contribution in [0, 0.1) is 11.8 Å². The Morgan fingerprint density at radius 1 is 0.868 bits per heavy atom. The van der Waals surface area contributed by atoms with Crippen molar-refractivity contribution in [3.63, 3.8) is 0 Å². The van der Waals surface area contributed by atoms with Gasteiger partial charge in [0.2, 0.25) is 0 Å². The highest BCUT2D eigenvalue weighted by atomic mass is 19.1. The van der Waals surface area contributed by atoms with E-state index in [1.807, 2.05) is 13.8 Å². The number of hydrogen-bond acceptors (Lipinski definition) is 6. The van der Waals surface area contributed by atoms with E-state index in [2.05, 4.69) is 49.3 Å². The number of halogens is 1. The summed E-state index contributed by atoms with van der Waals surface area (Å²) in [6.07, 6.45) is 7.64. The monoisotopic (exact) mass is 541 g/mol. The molecule has 0 spiro atoms. The van der Waals surface area contributed by atoms with Gasteiger partial charge in [0.25, 0.3) is 0 Å². The van der Waals surface area contributed by atoms with Gasteiger partial charge in [0.05, 0.1) is 17.8 Å². The van der Waals surface area contributed by atoms with E-state index in [-0.39, 0.29) is 6.04 Å². The molecule has 3 rings (SSSR count). The summed E-state index contributed by atoms with van der Waals surface area (Å²) in [7, 11) is 0. The zero-order valence-electron chi connectivity index (χ0n) is 25.7. The van der Waals surface area contributed by atoms with Crippen LogP contribution >= 0.6 is 0 Å². The van der Waals surface area contributed by atoms with Gasteiger partial charge in [0, 0.05) is 44.3 Å². The first-order valence-corrected chi connectivity index (χ1v) is 15.6. The standard InChI is InChI=1S/C31H60FN3O3/c1-24(2)34-15-9-8-12-31(21-32,23-34)38-20-27(5)35-19-28(10-13-29(6,36)22-35)18-26(4)33-16-11-25(3)30(7,37)14-17-33/h24-28,36-37H,8-23H2,1-7H3. The summed E-state index contributed by atoms with van der Waals surface area (Å²) in [5.41, 5.74) is -2.03. The zero-order valence-corrected chi connectivity index (χ0v) is 25.7. The van der Waals surface area contributed by atoms with Gasteiger partial charge in [-0.05, 0) is 118 Å². The van der Waals surface area contributed by atoms with E-state index in [0.29, 0.717) is 43.6 Å². The van der Waals surface area contributed by atoms with Gasteiger partial charge in [-0.3, -0.25) is 9.80 Å². The van der Waals surface area contributed by atoms with Crippen LogP contribution in [0.1, 0.15) is 99.8 Å². The van der Waals surface area contributed by atoms with Crippen molar-refractivity contribution in [3.05, 3.63) is 0 Å². The van der Waals surface area contributed by atoms with Crippen LogP contribution in [0.4, 0.5) is 4.39 Å². The molecule has 0 amide bonds. The molecule has 38 heavy (non-hydrogen) atoms. The van der Waals surface area contributed by atoms with Gasteiger partial charge in [-0.1, -0.05) is 6.92 Å². The first-order valence-electron chi connectivity index (χ1n) is 15.6. The summed E-state index contributed by atoms with van der Waals surface area (Å²) >= 11 is 0. The molecule has 3 saturated heterocycles. The summed E-state index contributed by atoms with van der Waals surface area (Å²) in [4.78, 5) is 7.34. The topological polar surface area (TPSA) is 59.4 Å². The molecule has 0 aromatic carbocycles. The second kappa shape index (κ2) is 13.6. The Bertz CT molecular complexity index is 720. The van der Waals surface area contributed by atoms with Crippen LogP contribution in [0.25, 0.3) is 0 Å². The molecule has 6 nitrogen and oxygen atoms in total. The summed E-state index contributed by atoms with van der Waals surface area (Å²) in [6, 6.07) is 0.952. The molecular formula is C31H60FN3O3. The van der Waals surface area contributed by atoms with Gasteiger partial charge < -0.3 is 19.8 Å². The Morgan fingerprint density at radius 2 is 1.61 bits per heavy atom. The molecule has 0 aromatic rings. The number of hydrogen-bond donors (Lipinski definition) is 2. The van der Waals surface area contributed by atoms with Gasteiger partial charge in [-0.15, -0.1) is 0 Å². The molecular weight excluding hydrogens is 481 g/mol. The number of likely N-dealkylation sites (tertiary alicyclic amines) is 3. The first kappa shape index (κ1) is 32.2. The lowest BCUT2D eigenvalue weighted by molar-refractivity contribution is -0.102. The predicted molar refractivity (Wildman–Crippen MR) is 154 cm³/mol. The summed E-state index contributed by atoms with van der Waals surface area (Å²) in [5, 5.41) is 21.9. The highest BCUT2D eigenvalue weighted by Crippen LogP contribution is 2.33. The van der Waals surface area contributed by atoms with Gasteiger partial charge in [0.15, 0.2) is 0 Å². The number of ether oxygens (including phenoxy) is 1. The van der Waals surface area contributed by atoms with Crippen LogP contribution in [0.3, 0.4) is 0 Å². The first-order chi connectivity index (χ1) is 17.8. The highest BCUT2D eigenvalue weighted by molar-refractivity contribution is 4.92. The van der Waals surface area contributed by atoms with Crippen molar-refractivity contribution in [2.45, 2.75) is 135 Å². The second-order valence-electron chi connectivity index (χ2n) is 14.2. The minimum atomic E-state index is -0.725. The van der Waals surface area contributed by atoms with E-state index >= 15 is 0 Å². The maximum absolute atomic E-state index is 14.5. The van der Waals surface area contributed by atoms with Gasteiger partial charge in [-0.25, -0.2) is 4.39 Å². The van der Waals surface area contributed by atoms with Crippen molar-refractivity contribution >= 4 is 0 Å². The molecule has 3 aliphatic heterocycles. The van der Waals surface area contributed by atoms with Crippen molar-refractivity contribution in [2.24, 2.45) is 11.8 Å². The van der Waals surface area contributed by atoms with E-state index in [4.69, 9.17) is 4.74 Å². The van der Waals surface area contributed by atoms with E-state index in [9.17, 15) is 14.6 Å². The van der Waals surface area contributed by atoms with Gasteiger partial charge in [0.1, 0.15) is 12.3 Å². The summed E-state index contributed by atoms with van der Waals surface area (Å²) in [6.45, 7) is 20.3. The number of aliphatic hydroxyl groups is 2.